The van der Waals surface area contributed by atoms with Crippen molar-refractivity contribution in [2.45, 2.75) is 46.8 Å². The maximum absolute atomic E-state index is 12.4. The van der Waals surface area contributed by atoms with Gasteiger partial charge in [0.05, 0.1) is 13.2 Å². The predicted molar refractivity (Wildman–Crippen MR) is 107 cm³/mol. The van der Waals surface area contributed by atoms with Crippen LogP contribution in [0.3, 0.4) is 0 Å². The van der Waals surface area contributed by atoms with E-state index in [-0.39, 0.29) is 11.9 Å². The van der Waals surface area contributed by atoms with Crippen LogP contribution in [-0.2, 0) is 4.79 Å². The maximum atomic E-state index is 12.4. The summed E-state index contributed by atoms with van der Waals surface area (Å²) in [6.07, 6.45) is -0.590. The molecular formula is C22H29NO4. The molecule has 0 aromatic heterocycles. The van der Waals surface area contributed by atoms with Crippen LogP contribution in [0.1, 0.15) is 30.5 Å². The van der Waals surface area contributed by atoms with Crippen molar-refractivity contribution in [3.8, 4) is 17.2 Å². The van der Waals surface area contributed by atoms with Crippen molar-refractivity contribution in [2.24, 2.45) is 0 Å². The molecule has 0 fully saturated rings. The second-order valence-electron chi connectivity index (χ2n) is 6.86. The monoisotopic (exact) mass is 371 g/mol. The van der Waals surface area contributed by atoms with Gasteiger partial charge in [0.15, 0.2) is 6.10 Å². The van der Waals surface area contributed by atoms with E-state index in [0.29, 0.717) is 6.61 Å². The Bertz CT molecular complexity index is 771. The van der Waals surface area contributed by atoms with E-state index in [1.54, 1.807) is 14.0 Å². The zero-order chi connectivity index (χ0) is 20.0. The minimum Gasteiger partial charge on any atom is -0.497 e. The van der Waals surface area contributed by atoms with Crippen LogP contribution in [-0.4, -0.2) is 31.8 Å². The zero-order valence-corrected chi connectivity index (χ0v) is 17.0. The molecule has 146 valence electrons. The molecule has 2 rings (SSSR count). The van der Waals surface area contributed by atoms with Crippen LogP contribution in [0.25, 0.3) is 0 Å². The van der Waals surface area contributed by atoms with Crippen molar-refractivity contribution >= 4 is 5.91 Å². The number of amides is 1. The van der Waals surface area contributed by atoms with Crippen LogP contribution in [0.5, 0.6) is 17.2 Å². The van der Waals surface area contributed by atoms with Crippen LogP contribution in [0.4, 0.5) is 0 Å². The summed E-state index contributed by atoms with van der Waals surface area (Å²) < 4.78 is 16.7. The topological polar surface area (TPSA) is 56.8 Å². The van der Waals surface area contributed by atoms with Gasteiger partial charge >= 0.3 is 0 Å². The van der Waals surface area contributed by atoms with E-state index in [9.17, 15) is 4.79 Å². The lowest BCUT2D eigenvalue weighted by atomic mass is 10.1. The summed E-state index contributed by atoms with van der Waals surface area (Å²) in [5.74, 6) is 2.08. The number of ether oxygens (including phenoxy) is 3. The van der Waals surface area contributed by atoms with Crippen LogP contribution in [0.2, 0.25) is 0 Å². The van der Waals surface area contributed by atoms with Gasteiger partial charge in [-0.1, -0.05) is 6.07 Å². The largest absolute Gasteiger partial charge is 0.497 e. The Morgan fingerprint density at radius 2 is 1.67 bits per heavy atom. The van der Waals surface area contributed by atoms with Crippen molar-refractivity contribution in [1.29, 1.82) is 0 Å². The number of methoxy groups -OCH3 is 1. The third kappa shape index (κ3) is 5.91. The highest BCUT2D eigenvalue weighted by Gasteiger charge is 2.18. The fourth-order valence-electron chi connectivity index (χ4n) is 2.66. The van der Waals surface area contributed by atoms with Crippen molar-refractivity contribution < 1.29 is 19.0 Å². The second-order valence-corrected chi connectivity index (χ2v) is 6.86. The lowest BCUT2D eigenvalue weighted by molar-refractivity contribution is -0.128. The van der Waals surface area contributed by atoms with Crippen LogP contribution in [0, 0.1) is 20.8 Å². The van der Waals surface area contributed by atoms with Crippen molar-refractivity contribution in [1.82, 2.24) is 5.32 Å². The van der Waals surface area contributed by atoms with E-state index in [1.807, 2.05) is 58.0 Å². The molecule has 0 bridgehead atoms. The van der Waals surface area contributed by atoms with Gasteiger partial charge in [-0.2, -0.15) is 0 Å². The van der Waals surface area contributed by atoms with E-state index < -0.39 is 6.10 Å². The van der Waals surface area contributed by atoms with Gasteiger partial charge in [-0.05, 0) is 81.6 Å². The van der Waals surface area contributed by atoms with Gasteiger partial charge in [0.25, 0.3) is 5.91 Å². The molecule has 0 unspecified atom stereocenters. The Balaban J connectivity index is 1.86. The normalized spacial score (nSPS) is 12.8. The Morgan fingerprint density at radius 1 is 1.04 bits per heavy atom. The number of nitrogens with one attached hydrogen (secondary N) is 1. The fourth-order valence-corrected chi connectivity index (χ4v) is 2.66. The minimum absolute atomic E-state index is 0.147. The number of carbonyl (C=O) groups excluding carboxylic acids is 1. The number of benzene rings is 2. The molecule has 0 aliphatic carbocycles. The molecule has 5 heteroatoms. The molecule has 2 aromatic carbocycles. The van der Waals surface area contributed by atoms with Gasteiger partial charge in [-0.3, -0.25) is 4.79 Å². The quantitative estimate of drug-likeness (QED) is 0.763. The minimum atomic E-state index is -0.590. The molecule has 0 aliphatic heterocycles. The van der Waals surface area contributed by atoms with Gasteiger partial charge in [-0.15, -0.1) is 0 Å². The zero-order valence-electron chi connectivity index (χ0n) is 17.0. The first-order chi connectivity index (χ1) is 12.8. The number of carbonyl (C=O) groups is 1. The van der Waals surface area contributed by atoms with Crippen LogP contribution in [0.15, 0.2) is 36.4 Å². The number of aryl methyl sites for hydroxylation is 2. The van der Waals surface area contributed by atoms with E-state index in [2.05, 4.69) is 11.4 Å². The number of hydrogen-bond acceptors (Lipinski definition) is 4. The highest BCUT2D eigenvalue weighted by atomic mass is 16.5. The third-order valence-corrected chi connectivity index (χ3v) is 4.39. The Hall–Kier alpha value is -2.69. The van der Waals surface area contributed by atoms with Gasteiger partial charge in [0.2, 0.25) is 0 Å². The summed E-state index contributed by atoms with van der Waals surface area (Å²) >= 11 is 0. The molecule has 1 N–H and O–H groups in total. The van der Waals surface area contributed by atoms with E-state index in [0.717, 1.165) is 33.9 Å². The third-order valence-electron chi connectivity index (χ3n) is 4.39. The van der Waals surface area contributed by atoms with Crippen molar-refractivity contribution in [2.75, 3.05) is 13.7 Å². The standard InChI is InChI=1S/C22H29NO4/c1-14-11-15(2)17(4)21(12-14)27-18(5)22(24)23-16(3)13-26-20-9-7-19(25-6)8-10-20/h7-12,16,18H,13H2,1-6H3,(H,23,24)/t16-,18+/m0/s1. The van der Waals surface area contributed by atoms with Gasteiger partial charge < -0.3 is 19.5 Å². The lowest BCUT2D eigenvalue weighted by Crippen LogP contribution is -2.43. The Labute approximate surface area is 161 Å². The Kier molecular flexibility index (Phi) is 7.11. The molecular weight excluding hydrogens is 342 g/mol. The van der Waals surface area contributed by atoms with Crippen molar-refractivity contribution in [3.63, 3.8) is 0 Å². The molecule has 5 nitrogen and oxygen atoms in total. The van der Waals surface area contributed by atoms with E-state index >= 15 is 0 Å². The molecule has 0 saturated carbocycles. The molecule has 0 spiro atoms. The van der Waals surface area contributed by atoms with Crippen molar-refractivity contribution in [3.05, 3.63) is 53.1 Å². The average molecular weight is 371 g/mol. The fraction of sp³-hybridized carbons (Fsp3) is 0.409. The molecule has 0 radical (unpaired) electrons. The second kappa shape index (κ2) is 9.31. The van der Waals surface area contributed by atoms with Crippen LogP contribution < -0.4 is 19.5 Å². The molecule has 0 aliphatic rings. The molecule has 1 amide bonds. The molecule has 2 atom stereocenters. The Morgan fingerprint density at radius 3 is 2.30 bits per heavy atom. The summed E-state index contributed by atoms with van der Waals surface area (Å²) in [5.41, 5.74) is 3.32. The molecule has 27 heavy (non-hydrogen) atoms. The highest BCUT2D eigenvalue weighted by Crippen LogP contribution is 2.24. The van der Waals surface area contributed by atoms with E-state index in [1.165, 1.54) is 0 Å². The SMILES string of the molecule is COc1ccc(OC[C@H](C)NC(=O)[C@@H](C)Oc2cc(C)cc(C)c2C)cc1. The summed E-state index contributed by atoms with van der Waals surface area (Å²) in [6, 6.07) is 11.3. The first-order valence-electron chi connectivity index (χ1n) is 9.12. The molecule has 2 aromatic rings. The highest BCUT2D eigenvalue weighted by molar-refractivity contribution is 5.81. The average Bonchev–Trinajstić information content (AvgIpc) is 2.64. The summed E-state index contributed by atoms with van der Waals surface area (Å²) in [7, 11) is 1.62. The molecule has 0 heterocycles. The van der Waals surface area contributed by atoms with Gasteiger partial charge in [-0.25, -0.2) is 0 Å². The maximum Gasteiger partial charge on any atom is 0.261 e. The van der Waals surface area contributed by atoms with Gasteiger partial charge in [0.1, 0.15) is 23.9 Å². The van der Waals surface area contributed by atoms with E-state index in [4.69, 9.17) is 14.2 Å². The smallest absolute Gasteiger partial charge is 0.261 e. The lowest BCUT2D eigenvalue weighted by Gasteiger charge is -2.20. The number of hydrogen-bond donors (Lipinski definition) is 1. The summed E-state index contributed by atoms with van der Waals surface area (Å²) in [6.45, 7) is 10.1. The molecule has 0 saturated heterocycles. The van der Waals surface area contributed by atoms with Gasteiger partial charge in [0, 0.05) is 0 Å². The van der Waals surface area contributed by atoms with Crippen LogP contribution >= 0.6 is 0 Å². The predicted octanol–water partition coefficient (Wildman–Crippen LogP) is 3.97. The summed E-state index contributed by atoms with van der Waals surface area (Å²) in [4.78, 5) is 12.4. The first-order valence-corrected chi connectivity index (χ1v) is 9.12. The summed E-state index contributed by atoms with van der Waals surface area (Å²) in [5, 5.41) is 2.93. The first kappa shape index (κ1) is 20.6. The number of rotatable bonds is 8.